The van der Waals surface area contributed by atoms with Gasteiger partial charge in [0.05, 0.1) is 28.9 Å². The van der Waals surface area contributed by atoms with Crippen LogP contribution in [0.15, 0.2) is 69.6 Å². The zero-order chi connectivity index (χ0) is 24.9. The van der Waals surface area contributed by atoms with Crippen LogP contribution in [0, 0.1) is 0 Å². The fourth-order valence-corrected chi connectivity index (χ4v) is 5.35. The lowest BCUT2D eigenvalue weighted by atomic mass is 10.1. The fourth-order valence-electron chi connectivity index (χ4n) is 4.45. The highest BCUT2D eigenvalue weighted by molar-refractivity contribution is 7.99. The van der Waals surface area contributed by atoms with Crippen molar-refractivity contribution in [2.75, 3.05) is 18.8 Å². The molecule has 0 fully saturated rings. The summed E-state index contributed by atoms with van der Waals surface area (Å²) in [5.41, 5.74) is 2.55. The molecule has 184 valence electrons. The van der Waals surface area contributed by atoms with Crippen LogP contribution in [0.1, 0.15) is 39.7 Å². The number of rotatable bonds is 9. The summed E-state index contributed by atoms with van der Waals surface area (Å²) in [6.45, 7) is 10.5. The molecule has 0 N–H and O–H groups in total. The second-order valence-corrected chi connectivity index (χ2v) is 10.2. The van der Waals surface area contributed by atoms with Crippen LogP contribution in [0.25, 0.3) is 10.9 Å². The van der Waals surface area contributed by atoms with Gasteiger partial charge in [-0.15, -0.1) is 0 Å². The third-order valence-electron chi connectivity index (χ3n) is 6.26. The maximum Gasteiger partial charge on any atom is 0.262 e. The Labute approximate surface area is 210 Å². The molecule has 8 heteroatoms. The van der Waals surface area contributed by atoms with Gasteiger partial charge in [-0.2, -0.15) is 5.10 Å². The molecule has 7 nitrogen and oxygen atoms in total. The van der Waals surface area contributed by atoms with Crippen molar-refractivity contribution in [2.24, 2.45) is 5.10 Å². The first-order chi connectivity index (χ1) is 16.8. The predicted octanol–water partition coefficient (Wildman–Crippen LogP) is 4.24. The monoisotopic (exact) mass is 491 g/mol. The van der Waals surface area contributed by atoms with E-state index in [0.717, 1.165) is 24.2 Å². The third kappa shape index (κ3) is 5.82. The molecule has 0 bridgehead atoms. The molecule has 1 amide bonds. The predicted molar refractivity (Wildman–Crippen MR) is 143 cm³/mol. The Balaban J connectivity index is 1.54. The van der Waals surface area contributed by atoms with E-state index in [1.54, 1.807) is 4.57 Å². The number of para-hydroxylation sites is 1. The normalized spacial score (nSPS) is 13.9. The van der Waals surface area contributed by atoms with Crippen LogP contribution in [0.4, 0.5) is 0 Å². The van der Waals surface area contributed by atoms with E-state index in [0.29, 0.717) is 41.2 Å². The van der Waals surface area contributed by atoms with Crippen molar-refractivity contribution in [3.8, 4) is 0 Å². The number of carbonyl (C=O) groups is 1. The van der Waals surface area contributed by atoms with Gasteiger partial charge in [0.2, 0.25) is 0 Å². The molecule has 2 aromatic carbocycles. The van der Waals surface area contributed by atoms with E-state index in [9.17, 15) is 9.59 Å². The molecule has 1 aromatic heterocycles. The highest BCUT2D eigenvalue weighted by Gasteiger charge is 2.23. The number of amides is 1. The van der Waals surface area contributed by atoms with E-state index < -0.39 is 0 Å². The Morgan fingerprint density at radius 3 is 2.43 bits per heavy atom. The van der Waals surface area contributed by atoms with Crippen molar-refractivity contribution >= 4 is 34.3 Å². The number of carbonyl (C=O) groups excluding carboxylic acids is 1. The quantitative estimate of drug-likeness (QED) is 0.331. The standard InChI is InChI=1S/C27H33N5O2S/c1-19(2)30(20(3)4)16-17-31-26(34)22-12-8-9-13-24(22)28-27(31)35-18-25(33)32-15-14-23(29-32)21-10-6-5-7-11-21/h5-13,19-20H,14-18H2,1-4H3. The summed E-state index contributed by atoms with van der Waals surface area (Å²) in [6, 6.07) is 18.1. The van der Waals surface area contributed by atoms with Crippen molar-refractivity contribution in [1.82, 2.24) is 19.5 Å². The maximum absolute atomic E-state index is 13.4. The highest BCUT2D eigenvalue weighted by atomic mass is 32.2. The number of benzene rings is 2. The smallest absolute Gasteiger partial charge is 0.262 e. The number of fused-ring (bicyclic) bond motifs is 1. The molecule has 0 spiro atoms. The van der Waals surface area contributed by atoms with Crippen LogP contribution in [-0.4, -0.2) is 62.0 Å². The molecule has 1 aliphatic heterocycles. The van der Waals surface area contributed by atoms with Crippen LogP contribution in [0.2, 0.25) is 0 Å². The largest absolute Gasteiger partial charge is 0.297 e. The molecule has 0 atom stereocenters. The Morgan fingerprint density at radius 1 is 1.03 bits per heavy atom. The van der Waals surface area contributed by atoms with Gasteiger partial charge >= 0.3 is 0 Å². The Hall–Kier alpha value is -2.97. The highest BCUT2D eigenvalue weighted by Crippen LogP contribution is 2.21. The Kier molecular flexibility index (Phi) is 8.03. The molecule has 0 saturated carbocycles. The second-order valence-electron chi connectivity index (χ2n) is 9.26. The van der Waals surface area contributed by atoms with Gasteiger partial charge < -0.3 is 0 Å². The first-order valence-corrected chi connectivity index (χ1v) is 13.1. The SMILES string of the molecule is CC(C)N(CCn1c(SCC(=O)N2CCC(c3ccccc3)=N2)nc2ccccc2c1=O)C(C)C. The molecule has 1 aliphatic rings. The lowest BCUT2D eigenvalue weighted by Crippen LogP contribution is -2.40. The number of hydrogen-bond acceptors (Lipinski definition) is 6. The molecule has 0 radical (unpaired) electrons. The van der Waals surface area contributed by atoms with Gasteiger partial charge in [-0.05, 0) is 45.4 Å². The summed E-state index contributed by atoms with van der Waals surface area (Å²) in [5, 5.41) is 7.26. The summed E-state index contributed by atoms with van der Waals surface area (Å²) >= 11 is 1.31. The zero-order valence-electron chi connectivity index (χ0n) is 20.8. The molecular formula is C27H33N5O2S. The molecule has 0 unspecified atom stereocenters. The van der Waals surface area contributed by atoms with E-state index >= 15 is 0 Å². The van der Waals surface area contributed by atoms with Crippen molar-refractivity contribution in [3.05, 3.63) is 70.5 Å². The van der Waals surface area contributed by atoms with Crippen LogP contribution in [0.3, 0.4) is 0 Å². The number of nitrogens with zero attached hydrogens (tertiary/aromatic N) is 5. The minimum Gasteiger partial charge on any atom is -0.297 e. The number of hydrazone groups is 1. The van der Waals surface area contributed by atoms with E-state index in [-0.39, 0.29) is 17.2 Å². The van der Waals surface area contributed by atoms with Gasteiger partial charge in [-0.25, -0.2) is 9.99 Å². The number of thioether (sulfide) groups is 1. The van der Waals surface area contributed by atoms with Crippen molar-refractivity contribution < 1.29 is 4.79 Å². The van der Waals surface area contributed by atoms with Crippen LogP contribution >= 0.6 is 11.8 Å². The van der Waals surface area contributed by atoms with Gasteiger partial charge in [-0.1, -0.05) is 54.2 Å². The van der Waals surface area contributed by atoms with Gasteiger partial charge in [0.25, 0.3) is 11.5 Å². The van der Waals surface area contributed by atoms with Gasteiger partial charge in [0.1, 0.15) is 0 Å². The zero-order valence-corrected chi connectivity index (χ0v) is 21.7. The fraction of sp³-hybridized carbons (Fsp3) is 0.407. The van der Waals surface area contributed by atoms with Crippen molar-refractivity contribution in [1.29, 1.82) is 0 Å². The van der Waals surface area contributed by atoms with E-state index in [2.05, 4.69) is 37.7 Å². The molecule has 0 saturated heterocycles. The van der Waals surface area contributed by atoms with Crippen molar-refractivity contribution in [2.45, 2.75) is 57.9 Å². The average Bonchev–Trinajstić information content (AvgIpc) is 3.35. The first-order valence-electron chi connectivity index (χ1n) is 12.2. The Morgan fingerprint density at radius 2 is 1.71 bits per heavy atom. The number of aromatic nitrogens is 2. The van der Waals surface area contributed by atoms with Crippen molar-refractivity contribution in [3.63, 3.8) is 0 Å². The van der Waals surface area contributed by atoms with E-state index in [4.69, 9.17) is 4.98 Å². The van der Waals surface area contributed by atoms with Crippen LogP contribution in [-0.2, 0) is 11.3 Å². The molecule has 35 heavy (non-hydrogen) atoms. The number of hydrogen-bond donors (Lipinski definition) is 0. The van der Waals surface area contributed by atoms with Crippen LogP contribution < -0.4 is 5.56 Å². The van der Waals surface area contributed by atoms with Crippen LogP contribution in [0.5, 0.6) is 0 Å². The summed E-state index contributed by atoms with van der Waals surface area (Å²) in [5.74, 6) is 0.0925. The topological polar surface area (TPSA) is 70.8 Å². The lowest BCUT2D eigenvalue weighted by Gasteiger charge is -2.30. The summed E-state index contributed by atoms with van der Waals surface area (Å²) < 4.78 is 1.72. The first kappa shape index (κ1) is 25.1. The average molecular weight is 492 g/mol. The molecular weight excluding hydrogens is 458 g/mol. The molecule has 0 aliphatic carbocycles. The molecule has 4 rings (SSSR count). The molecule has 2 heterocycles. The summed E-state index contributed by atoms with van der Waals surface area (Å²) in [7, 11) is 0. The second kappa shape index (κ2) is 11.2. The summed E-state index contributed by atoms with van der Waals surface area (Å²) in [6.07, 6.45) is 0.736. The third-order valence-corrected chi connectivity index (χ3v) is 7.22. The minimum absolute atomic E-state index is 0.0661. The van der Waals surface area contributed by atoms with E-state index in [1.165, 1.54) is 16.8 Å². The van der Waals surface area contributed by atoms with Gasteiger partial charge in [0.15, 0.2) is 5.16 Å². The lowest BCUT2D eigenvalue weighted by molar-refractivity contribution is -0.127. The molecule has 3 aromatic rings. The van der Waals surface area contributed by atoms with E-state index in [1.807, 2.05) is 54.6 Å². The maximum atomic E-state index is 13.4. The Bertz CT molecular complexity index is 1260. The minimum atomic E-state index is -0.0825. The van der Waals surface area contributed by atoms with Gasteiger partial charge in [0, 0.05) is 31.6 Å². The van der Waals surface area contributed by atoms with Gasteiger partial charge in [-0.3, -0.25) is 19.1 Å². The summed E-state index contributed by atoms with van der Waals surface area (Å²) in [4.78, 5) is 33.5.